The number of aliphatic carboxylic acids is 1. The fourth-order valence-electron chi connectivity index (χ4n) is 4.35. The maximum atomic E-state index is 15.0. The number of hydrogen-bond acceptors (Lipinski definition) is 5. The monoisotopic (exact) mass is 472 g/mol. The number of pyridine rings is 1. The number of nitrogens with zero attached hydrogens (tertiary/aromatic N) is 3. The van der Waals surface area contributed by atoms with Gasteiger partial charge in [-0.25, -0.2) is 9.37 Å². The van der Waals surface area contributed by atoms with E-state index >= 15 is 0 Å². The Morgan fingerprint density at radius 3 is 2.37 bits per heavy atom. The van der Waals surface area contributed by atoms with Crippen LogP contribution in [0.15, 0.2) is 66.9 Å². The zero-order chi connectivity index (χ0) is 24.4. The predicted octanol–water partition coefficient (Wildman–Crippen LogP) is 5.75. The highest BCUT2D eigenvalue weighted by Crippen LogP contribution is 2.37. The molecule has 2 N–H and O–H groups in total. The Morgan fingerprint density at radius 1 is 1.00 bits per heavy atom. The Kier molecular flexibility index (Phi) is 6.03. The topological polar surface area (TPSA) is 101 Å². The highest BCUT2D eigenvalue weighted by atomic mass is 19.1. The van der Waals surface area contributed by atoms with Gasteiger partial charge in [-0.2, -0.15) is 0 Å². The van der Waals surface area contributed by atoms with Gasteiger partial charge in [0.25, 0.3) is 0 Å². The number of benzene rings is 2. The molecular weight excluding hydrogens is 447 g/mol. The number of H-pyrrole nitrogens is 1. The molecule has 0 unspecified atom stereocenters. The van der Waals surface area contributed by atoms with E-state index < -0.39 is 17.2 Å². The van der Waals surface area contributed by atoms with Gasteiger partial charge < -0.3 is 14.8 Å². The van der Waals surface area contributed by atoms with Crippen LogP contribution in [0.3, 0.4) is 0 Å². The van der Waals surface area contributed by atoms with Crippen molar-refractivity contribution >= 4 is 5.97 Å². The summed E-state index contributed by atoms with van der Waals surface area (Å²) in [7, 11) is 0. The molecule has 0 atom stereocenters. The maximum absolute atomic E-state index is 15.0. The second-order valence-corrected chi connectivity index (χ2v) is 9.15. The highest BCUT2D eigenvalue weighted by Gasteiger charge is 2.38. The van der Waals surface area contributed by atoms with E-state index in [1.54, 1.807) is 25.3 Å². The van der Waals surface area contributed by atoms with Crippen molar-refractivity contribution < 1.29 is 19.0 Å². The summed E-state index contributed by atoms with van der Waals surface area (Å²) >= 11 is 0. The van der Waals surface area contributed by atoms with Crippen LogP contribution in [0, 0.1) is 11.2 Å². The van der Waals surface area contributed by atoms with E-state index in [-0.39, 0.29) is 6.10 Å². The van der Waals surface area contributed by atoms with E-state index in [0.29, 0.717) is 54.3 Å². The lowest BCUT2D eigenvalue weighted by atomic mass is 9.75. The standard InChI is InChI=1S/C27H25FN4O3/c1-27(26(33)34)13-11-20(12-14-27)35-23-10-8-19(16-29-23)18-7-9-21(22(28)15-18)25-30-24(31-32-25)17-5-3-2-4-6-17/h2-10,15-16,20H,11-14H2,1H3,(H,33,34)(H,30,31,32)/t20-,27+. The minimum absolute atomic E-state index is 0.0554. The second kappa shape index (κ2) is 9.29. The molecule has 2 aromatic carbocycles. The van der Waals surface area contributed by atoms with Crippen molar-refractivity contribution in [3.05, 3.63) is 72.7 Å². The third-order valence-electron chi connectivity index (χ3n) is 6.67. The first-order valence-corrected chi connectivity index (χ1v) is 11.6. The highest BCUT2D eigenvalue weighted by molar-refractivity contribution is 5.74. The first-order chi connectivity index (χ1) is 16.9. The fourth-order valence-corrected chi connectivity index (χ4v) is 4.35. The summed E-state index contributed by atoms with van der Waals surface area (Å²) in [5.74, 6) is 0.249. The van der Waals surface area contributed by atoms with Crippen molar-refractivity contribution in [3.8, 4) is 39.8 Å². The molecule has 2 heterocycles. The molecule has 178 valence electrons. The fraction of sp³-hybridized carbons (Fsp3) is 0.259. The molecular formula is C27H25FN4O3. The summed E-state index contributed by atoms with van der Waals surface area (Å²) in [5, 5.41) is 17.6. The van der Waals surface area contributed by atoms with Gasteiger partial charge in [0.2, 0.25) is 5.88 Å². The van der Waals surface area contributed by atoms with Crippen LogP contribution in [0.1, 0.15) is 32.6 Å². The molecule has 1 aliphatic carbocycles. The molecule has 0 bridgehead atoms. The number of rotatable bonds is 6. The van der Waals surface area contributed by atoms with Gasteiger partial charge in [0.05, 0.1) is 11.0 Å². The lowest BCUT2D eigenvalue weighted by Crippen LogP contribution is -2.36. The van der Waals surface area contributed by atoms with Gasteiger partial charge in [-0.1, -0.05) is 36.4 Å². The van der Waals surface area contributed by atoms with Gasteiger partial charge >= 0.3 is 5.97 Å². The molecule has 0 aliphatic heterocycles. The van der Waals surface area contributed by atoms with Crippen LogP contribution in [0.5, 0.6) is 5.88 Å². The number of aromatic nitrogens is 4. The smallest absolute Gasteiger partial charge is 0.309 e. The molecule has 4 aromatic rings. The number of carboxylic acid groups (broad SMARTS) is 1. The molecule has 0 radical (unpaired) electrons. The number of hydrogen-bond donors (Lipinski definition) is 2. The number of ether oxygens (including phenoxy) is 1. The summed E-state index contributed by atoms with van der Waals surface area (Å²) in [6.45, 7) is 1.79. The Hall–Kier alpha value is -4.07. The summed E-state index contributed by atoms with van der Waals surface area (Å²) in [6.07, 6.45) is 4.10. The van der Waals surface area contributed by atoms with Gasteiger partial charge in [0.15, 0.2) is 11.6 Å². The first-order valence-electron chi connectivity index (χ1n) is 11.6. The van der Waals surface area contributed by atoms with Crippen molar-refractivity contribution in [2.45, 2.75) is 38.7 Å². The molecule has 0 spiro atoms. The molecule has 5 rings (SSSR count). The van der Waals surface area contributed by atoms with Crippen molar-refractivity contribution in [2.24, 2.45) is 5.41 Å². The zero-order valence-electron chi connectivity index (χ0n) is 19.2. The average Bonchev–Trinajstić information content (AvgIpc) is 3.36. The summed E-state index contributed by atoms with van der Waals surface area (Å²) in [5.41, 5.74) is 1.97. The molecule has 2 aromatic heterocycles. The quantitative estimate of drug-likeness (QED) is 0.370. The molecule has 0 amide bonds. The molecule has 1 aliphatic rings. The van der Waals surface area contributed by atoms with Crippen LogP contribution < -0.4 is 4.74 Å². The Morgan fingerprint density at radius 2 is 1.71 bits per heavy atom. The lowest BCUT2D eigenvalue weighted by molar-refractivity contribution is -0.150. The van der Waals surface area contributed by atoms with E-state index in [0.717, 1.165) is 11.1 Å². The van der Waals surface area contributed by atoms with Crippen molar-refractivity contribution in [1.82, 2.24) is 20.2 Å². The normalized spacial score (nSPS) is 19.9. The van der Waals surface area contributed by atoms with Crippen LogP contribution in [0.25, 0.3) is 33.9 Å². The Bertz CT molecular complexity index is 1330. The van der Waals surface area contributed by atoms with Gasteiger partial charge in [0.1, 0.15) is 11.9 Å². The van der Waals surface area contributed by atoms with E-state index in [2.05, 4.69) is 20.2 Å². The molecule has 35 heavy (non-hydrogen) atoms. The SMILES string of the molecule is C[C@]1(C(=O)O)CC[C@@H](Oc2ccc(-c3ccc(-c4nnc(-c5ccccc5)[nH]4)c(F)c3)cn2)CC1. The largest absolute Gasteiger partial charge is 0.481 e. The summed E-state index contributed by atoms with van der Waals surface area (Å²) in [6, 6.07) is 18.1. The zero-order valence-corrected chi connectivity index (χ0v) is 19.2. The van der Waals surface area contributed by atoms with Crippen LogP contribution in [-0.2, 0) is 4.79 Å². The molecule has 1 saturated carbocycles. The number of halogens is 1. The van der Waals surface area contributed by atoms with Gasteiger partial charge in [-0.3, -0.25) is 4.79 Å². The third-order valence-corrected chi connectivity index (χ3v) is 6.67. The van der Waals surface area contributed by atoms with Crippen LogP contribution >= 0.6 is 0 Å². The summed E-state index contributed by atoms with van der Waals surface area (Å²) in [4.78, 5) is 18.9. The minimum Gasteiger partial charge on any atom is -0.481 e. The maximum Gasteiger partial charge on any atom is 0.309 e. The number of nitrogens with one attached hydrogen (secondary N) is 1. The minimum atomic E-state index is -0.753. The Labute approximate surface area is 202 Å². The lowest BCUT2D eigenvalue weighted by Gasteiger charge is -2.33. The molecule has 1 fully saturated rings. The molecule has 0 saturated heterocycles. The number of carbonyl (C=O) groups is 1. The van der Waals surface area contributed by atoms with Gasteiger partial charge in [0, 0.05) is 23.4 Å². The number of carboxylic acids is 1. The van der Waals surface area contributed by atoms with E-state index in [4.69, 9.17) is 4.74 Å². The van der Waals surface area contributed by atoms with Gasteiger partial charge in [-0.15, -0.1) is 10.2 Å². The van der Waals surface area contributed by atoms with E-state index in [1.807, 2.05) is 42.5 Å². The van der Waals surface area contributed by atoms with Crippen molar-refractivity contribution in [2.75, 3.05) is 0 Å². The summed E-state index contributed by atoms with van der Waals surface area (Å²) < 4.78 is 20.9. The second-order valence-electron chi connectivity index (χ2n) is 9.15. The van der Waals surface area contributed by atoms with E-state index in [1.165, 1.54) is 6.07 Å². The Balaban J connectivity index is 1.26. The number of aromatic amines is 1. The van der Waals surface area contributed by atoms with Crippen molar-refractivity contribution in [3.63, 3.8) is 0 Å². The first kappa shape index (κ1) is 22.7. The van der Waals surface area contributed by atoms with Crippen molar-refractivity contribution in [1.29, 1.82) is 0 Å². The molecule has 8 heteroatoms. The van der Waals surface area contributed by atoms with Crippen LogP contribution in [0.4, 0.5) is 4.39 Å². The van der Waals surface area contributed by atoms with Crippen LogP contribution in [0.2, 0.25) is 0 Å². The van der Waals surface area contributed by atoms with E-state index in [9.17, 15) is 14.3 Å². The average molecular weight is 473 g/mol. The van der Waals surface area contributed by atoms with Crippen LogP contribution in [-0.4, -0.2) is 37.3 Å². The van der Waals surface area contributed by atoms with Gasteiger partial charge in [-0.05, 0) is 56.4 Å². The predicted molar refractivity (Wildman–Crippen MR) is 129 cm³/mol. The molecule has 7 nitrogen and oxygen atoms in total. The third kappa shape index (κ3) is 4.77.